The maximum absolute atomic E-state index is 4.93. The van der Waals surface area contributed by atoms with Gasteiger partial charge < -0.3 is 0 Å². The zero-order valence-corrected chi connectivity index (χ0v) is 11.5. The Balaban J connectivity index is 0.000000354. The molecule has 0 aliphatic carbocycles. The van der Waals surface area contributed by atoms with E-state index >= 15 is 0 Å². The summed E-state index contributed by atoms with van der Waals surface area (Å²) in [5, 5.41) is 0. The molecule has 0 N–H and O–H groups in total. The molecule has 0 bridgehead atoms. The molecule has 3 heteroatoms. The third-order valence-corrected chi connectivity index (χ3v) is 1.53. The number of halogens is 2. The molecule has 12 heavy (non-hydrogen) atoms. The van der Waals surface area contributed by atoms with Crippen molar-refractivity contribution in [2.75, 3.05) is 0 Å². The van der Waals surface area contributed by atoms with Crippen LogP contribution in [0.1, 0.15) is 26.3 Å². The van der Waals surface area contributed by atoms with E-state index in [0.717, 1.165) is 0 Å². The van der Waals surface area contributed by atoms with Crippen LogP contribution in [0.3, 0.4) is 0 Å². The third kappa shape index (κ3) is 5.46. The minimum atomic E-state index is -0.826. The van der Waals surface area contributed by atoms with E-state index in [0.29, 0.717) is 5.41 Å². The summed E-state index contributed by atoms with van der Waals surface area (Å²) in [4.78, 5) is 0. The van der Waals surface area contributed by atoms with Gasteiger partial charge in [0.1, 0.15) is 0 Å². The van der Waals surface area contributed by atoms with Crippen molar-refractivity contribution in [1.29, 1.82) is 0 Å². The van der Waals surface area contributed by atoms with E-state index in [4.69, 9.17) is 17.0 Å². The molecule has 1 aromatic carbocycles. The van der Waals surface area contributed by atoms with Crippen molar-refractivity contribution in [1.82, 2.24) is 0 Å². The Kier molecular flexibility index (Phi) is 6.72. The van der Waals surface area contributed by atoms with Crippen molar-refractivity contribution in [3.05, 3.63) is 29.8 Å². The Labute approximate surface area is 93.3 Å². The zero-order chi connectivity index (χ0) is 9.61. The van der Waals surface area contributed by atoms with Gasteiger partial charge in [-0.1, -0.05) is 26.2 Å². The van der Waals surface area contributed by atoms with Crippen LogP contribution in [0.4, 0.5) is 0 Å². The van der Waals surface area contributed by atoms with Gasteiger partial charge in [0.05, 0.1) is 0 Å². The molecule has 0 heterocycles. The predicted octanol–water partition coefficient (Wildman–Crippen LogP) is 4.08. The maximum atomic E-state index is 4.93. The average molecular weight is 283 g/mol. The quantitative estimate of drug-likeness (QED) is 0.629. The second-order valence-corrected chi connectivity index (χ2v) is 7.23. The summed E-state index contributed by atoms with van der Waals surface area (Å²) in [5.74, 6) is 0. The Morgan fingerprint density at radius 1 is 1.08 bits per heavy atom. The van der Waals surface area contributed by atoms with Crippen LogP contribution in [0, 0.1) is 0 Å². The SMILES string of the molecule is CC(C)(C)[c-]1cccc1.[Cl][Zr][Cl]. The summed E-state index contributed by atoms with van der Waals surface area (Å²) in [7, 11) is 9.87. The molecule has 0 saturated heterocycles. The van der Waals surface area contributed by atoms with Gasteiger partial charge >= 0.3 is 37.9 Å². The van der Waals surface area contributed by atoms with Crippen molar-refractivity contribution in [2.45, 2.75) is 26.2 Å². The second-order valence-electron chi connectivity index (χ2n) is 3.50. The van der Waals surface area contributed by atoms with Crippen LogP contribution in [0.15, 0.2) is 24.3 Å². The van der Waals surface area contributed by atoms with Crippen LogP contribution in [-0.2, 0) is 26.3 Å². The normalized spacial score (nSPS) is 10.1. The van der Waals surface area contributed by atoms with Crippen LogP contribution in [0.5, 0.6) is 0 Å². The summed E-state index contributed by atoms with van der Waals surface area (Å²) in [5.41, 5.74) is 1.74. The van der Waals surface area contributed by atoms with Crippen LogP contribution in [-0.4, -0.2) is 0 Å². The average Bonchev–Trinajstić information content (AvgIpc) is 2.36. The molecule has 0 unspecified atom stereocenters. The minimum absolute atomic E-state index is 0.323. The van der Waals surface area contributed by atoms with Gasteiger partial charge in [-0.05, 0) is 0 Å². The van der Waals surface area contributed by atoms with E-state index in [2.05, 4.69) is 45.0 Å². The van der Waals surface area contributed by atoms with Gasteiger partial charge in [0.2, 0.25) is 0 Å². The number of hydrogen-bond donors (Lipinski definition) is 0. The van der Waals surface area contributed by atoms with Gasteiger partial charge in [0, 0.05) is 0 Å². The molecule has 0 saturated carbocycles. The molecule has 0 aliphatic heterocycles. The molecule has 68 valence electrons. The van der Waals surface area contributed by atoms with Crippen molar-refractivity contribution in [3.63, 3.8) is 0 Å². The summed E-state index contributed by atoms with van der Waals surface area (Å²) < 4.78 is 0. The van der Waals surface area contributed by atoms with Gasteiger partial charge in [-0.3, -0.25) is 0 Å². The van der Waals surface area contributed by atoms with Gasteiger partial charge in [0.25, 0.3) is 0 Å². The van der Waals surface area contributed by atoms with E-state index in [9.17, 15) is 0 Å². The molecule has 0 atom stereocenters. The summed E-state index contributed by atoms with van der Waals surface area (Å²) in [6, 6.07) is 8.50. The van der Waals surface area contributed by atoms with Gasteiger partial charge in [0.15, 0.2) is 0 Å². The van der Waals surface area contributed by atoms with Crippen molar-refractivity contribution in [3.8, 4) is 0 Å². The molecule has 1 rings (SSSR count). The molecule has 1 aromatic rings. The van der Waals surface area contributed by atoms with Crippen molar-refractivity contribution >= 4 is 17.0 Å². The van der Waals surface area contributed by atoms with E-state index in [-0.39, 0.29) is 0 Å². The Morgan fingerprint density at radius 2 is 1.42 bits per heavy atom. The first-order valence-corrected chi connectivity index (χ1v) is 10.0. The van der Waals surface area contributed by atoms with Gasteiger partial charge in [-0.2, -0.15) is 17.7 Å². The zero-order valence-electron chi connectivity index (χ0n) is 7.57. The molecule has 0 aliphatic rings. The predicted molar refractivity (Wildman–Crippen MR) is 52.4 cm³/mol. The second kappa shape index (κ2) is 6.29. The Bertz CT molecular complexity index is 187. The molecule has 0 radical (unpaired) electrons. The van der Waals surface area contributed by atoms with E-state index < -0.39 is 20.8 Å². The molecule has 0 spiro atoms. The summed E-state index contributed by atoms with van der Waals surface area (Å²) in [6.45, 7) is 6.67. The van der Waals surface area contributed by atoms with Crippen molar-refractivity contribution in [2.24, 2.45) is 0 Å². The van der Waals surface area contributed by atoms with E-state index in [1.54, 1.807) is 0 Å². The van der Waals surface area contributed by atoms with Crippen LogP contribution < -0.4 is 0 Å². The molecular formula is C9H13Cl2Zr-. The van der Waals surface area contributed by atoms with E-state index in [1.807, 2.05) is 0 Å². The molecule has 0 amide bonds. The summed E-state index contributed by atoms with van der Waals surface area (Å²) >= 11 is -0.826. The Hall–Kier alpha value is 0.813. The standard InChI is InChI=1S/C9H13.2ClH.Zr/c1-9(2,3)8-6-4-5-7-8;;;/h4-7H,1-3H3;2*1H;/q-1;;;+2/p-2. The van der Waals surface area contributed by atoms with Gasteiger partial charge in [-0.25, -0.2) is 12.1 Å². The van der Waals surface area contributed by atoms with Crippen molar-refractivity contribution < 1.29 is 20.8 Å². The molecular weight excluding hydrogens is 270 g/mol. The molecule has 0 fully saturated rings. The number of rotatable bonds is 0. The first-order valence-electron chi connectivity index (χ1n) is 3.71. The fourth-order valence-corrected chi connectivity index (χ4v) is 0.874. The van der Waals surface area contributed by atoms with Gasteiger partial charge in [-0.15, -0.1) is 0 Å². The Morgan fingerprint density at radius 3 is 1.58 bits per heavy atom. The monoisotopic (exact) mass is 281 g/mol. The van der Waals surface area contributed by atoms with E-state index in [1.165, 1.54) is 5.56 Å². The third-order valence-electron chi connectivity index (χ3n) is 1.53. The first kappa shape index (κ1) is 12.8. The van der Waals surface area contributed by atoms with Crippen LogP contribution >= 0.6 is 17.0 Å². The molecule has 0 aromatic heterocycles. The number of hydrogen-bond acceptors (Lipinski definition) is 0. The molecule has 0 nitrogen and oxygen atoms in total. The van der Waals surface area contributed by atoms with Crippen LogP contribution in [0.2, 0.25) is 0 Å². The topological polar surface area (TPSA) is 0 Å². The fraction of sp³-hybridized carbons (Fsp3) is 0.444. The van der Waals surface area contributed by atoms with Crippen LogP contribution in [0.25, 0.3) is 0 Å². The fourth-order valence-electron chi connectivity index (χ4n) is 0.874. The first-order chi connectivity index (χ1) is 5.52. The summed E-state index contributed by atoms with van der Waals surface area (Å²) in [6.07, 6.45) is 0.